The molecule has 0 saturated carbocycles. The predicted molar refractivity (Wildman–Crippen MR) is 63.9 cm³/mol. The Labute approximate surface area is 94.1 Å². The second-order valence-electron chi connectivity index (χ2n) is 2.53. The first kappa shape index (κ1) is 13.9. The first-order valence-electron chi connectivity index (χ1n) is 4.82. The SMILES string of the molecule is CC.N/C=C(\NN)c1ccc([N+](=O)[O-])cc1. The van der Waals surface area contributed by atoms with Gasteiger partial charge in [-0.1, -0.05) is 13.8 Å². The Bertz CT molecular complexity index is 360. The number of benzene rings is 1. The van der Waals surface area contributed by atoms with E-state index in [1.54, 1.807) is 12.1 Å². The summed E-state index contributed by atoms with van der Waals surface area (Å²) in [6.07, 6.45) is 1.29. The van der Waals surface area contributed by atoms with Crippen molar-refractivity contribution in [2.75, 3.05) is 0 Å². The number of nitro benzene ring substituents is 1. The monoisotopic (exact) mass is 224 g/mol. The lowest BCUT2D eigenvalue weighted by Gasteiger charge is -2.04. The normalized spacial score (nSPS) is 10.1. The molecule has 6 heteroatoms. The Morgan fingerprint density at radius 3 is 2.19 bits per heavy atom. The lowest BCUT2D eigenvalue weighted by Crippen LogP contribution is -2.20. The number of non-ortho nitro benzene ring substituents is 1. The van der Waals surface area contributed by atoms with Crippen LogP contribution in [0.25, 0.3) is 5.70 Å². The summed E-state index contributed by atoms with van der Waals surface area (Å²) in [5.41, 5.74) is 8.90. The second-order valence-corrected chi connectivity index (χ2v) is 2.53. The molecule has 0 atom stereocenters. The molecule has 88 valence electrons. The molecule has 1 aromatic rings. The fraction of sp³-hybridized carbons (Fsp3) is 0.200. The Kier molecular flexibility index (Phi) is 6.30. The van der Waals surface area contributed by atoms with Gasteiger partial charge >= 0.3 is 0 Å². The topological polar surface area (TPSA) is 107 Å². The zero-order chi connectivity index (χ0) is 12.6. The summed E-state index contributed by atoms with van der Waals surface area (Å²) in [7, 11) is 0. The summed E-state index contributed by atoms with van der Waals surface area (Å²) >= 11 is 0. The minimum absolute atomic E-state index is 0.0298. The van der Waals surface area contributed by atoms with Gasteiger partial charge in [-0.15, -0.1) is 0 Å². The van der Waals surface area contributed by atoms with E-state index in [2.05, 4.69) is 5.43 Å². The van der Waals surface area contributed by atoms with Crippen molar-refractivity contribution in [3.63, 3.8) is 0 Å². The van der Waals surface area contributed by atoms with Gasteiger partial charge in [0.1, 0.15) is 0 Å². The lowest BCUT2D eigenvalue weighted by atomic mass is 10.1. The molecule has 0 unspecified atom stereocenters. The van der Waals surface area contributed by atoms with Crippen LogP contribution in [-0.2, 0) is 0 Å². The minimum Gasteiger partial charge on any atom is -0.403 e. The van der Waals surface area contributed by atoms with E-state index >= 15 is 0 Å². The molecule has 0 amide bonds. The van der Waals surface area contributed by atoms with Gasteiger partial charge in [-0.2, -0.15) is 0 Å². The number of nitro groups is 1. The molecule has 1 rings (SSSR count). The zero-order valence-corrected chi connectivity index (χ0v) is 9.31. The first-order chi connectivity index (χ1) is 7.69. The lowest BCUT2D eigenvalue weighted by molar-refractivity contribution is -0.384. The van der Waals surface area contributed by atoms with E-state index in [1.165, 1.54) is 18.3 Å². The molecule has 6 nitrogen and oxygen atoms in total. The van der Waals surface area contributed by atoms with Crippen LogP contribution >= 0.6 is 0 Å². The quantitative estimate of drug-likeness (QED) is 0.408. The molecule has 0 bridgehead atoms. The molecule has 0 spiro atoms. The van der Waals surface area contributed by atoms with Crippen LogP contribution in [0, 0.1) is 10.1 Å². The molecule has 0 radical (unpaired) electrons. The summed E-state index contributed by atoms with van der Waals surface area (Å²) in [6.45, 7) is 4.00. The summed E-state index contributed by atoms with van der Waals surface area (Å²) < 4.78 is 0. The Morgan fingerprint density at radius 2 is 1.88 bits per heavy atom. The van der Waals surface area contributed by atoms with E-state index in [0.29, 0.717) is 11.3 Å². The fourth-order valence-corrected chi connectivity index (χ4v) is 0.990. The fourth-order valence-electron chi connectivity index (χ4n) is 0.990. The molecule has 0 heterocycles. The van der Waals surface area contributed by atoms with Crippen molar-refractivity contribution in [3.8, 4) is 0 Å². The van der Waals surface area contributed by atoms with Crippen LogP contribution in [0.4, 0.5) is 5.69 Å². The minimum atomic E-state index is -0.467. The van der Waals surface area contributed by atoms with Crippen LogP contribution < -0.4 is 17.0 Å². The molecular formula is C10H16N4O2. The van der Waals surface area contributed by atoms with E-state index in [-0.39, 0.29) is 5.69 Å². The van der Waals surface area contributed by atoms with Crippen molar-refractivity contribution in [3.05, 3.63) is 46.1 Å². The van der Waals surface area contributed by atoms with Crippen molar-refractivity contribution in [1.29, 1.82) is 0 Å². The van der Waals surface area contributed by atoms with Crippen LogP contribution in [0.1, 0.15) is 19.4 Å². The summed E-state index contributed by atoms with van der Waals surface area (Å²) in [5.74, 6) is 5.18. The highest BCUT2D eigenvalue weighted by Crippen LogP contribution is 2.15. The standard InChI is InChI=1S/C8H10N4O2.C2H6/c9-5-8(11-10)6-1-3-7(4-2-6)12(13)14;1-2/h1-5,11H,9-10H2;1-2H3/b8-5-;. The highest BCUT2D eigenvalue weighted by atomic mass is 16.6. The van der Waals surface area contributed by atoms with Gasteiger partial charge in [0.25, 0.3) is 5.69 Å². The summed E-state index contributed by atoms with van der Waals surface area (Å²) in [4.78, 5) is 9.88. The van der Waals surface area contributed by atoms with Crippen molar-refractivity contribution in [1.82, 2.24) is 5.43 Å². The summed E-state index contributed by atoms with van der Waals surface area (Å²) in [6, 6.07) is 5.90. The third kappa shape index (κ3) is 3.58. The molecule has 0 saturated heterocycles. The van der Waals surface area contributed by atoms with Gasteiger partial charge in [0, 0.05) is 23.9 Å². The van der Waals surface area contributed by atoms with Crippen LogP contribution in [0.3, 0.4) is 0 Å². The average Bonchev–Trinajstić information content (AvgIpc) is 2.34. The van der Waals surface area contributed by atoms with E-state index in [0.717, 1.165) is 0 Å². The highest BCUT2D eigenvalue weighted by molar-refractivity contribution is 5.63. The molecule has 16 heavy (non-hydrogen) atoms. The van der Waals surface area contributed by atoms with Gasteiger partial charge in [0.2, 0.25) is 0 Å². The van der Waals surface area contributed by atoms with Crippen molar-refractivity contribution >= 4 is 11.4 Å². The maximum Gasteiger partial charge on any atom is 0.269 e. The highest BCUT2D eigenvalue weighted by Gasteiger charge is 2.05. The number of hydrazine groups is 1. The largest absolute Gasteiger partial charge is 0.403 e. The van der Waals surface area contributed by atoms with E-state index in [4.69, 9.17) is 11.6 Å². The number of hydrogen-bond donors (Lipinski definition) is 3. The number of nitrogens with one attached hydrogen (secondary N) is 1. The smallest absolute Gasteiger partial charge is 0.269 e. The van der Waals surface area contributed by atoms with Gasteiger partial charge in [0.15, 0.2) is 0 Å². The third-order valence-corrected chi connectivity index (χ3v) is 1.71. The molecule has 0 aliphatic heterocycles. The predicted octanol–water partition coefficient (Wildman–Crippen LogP) is 1.34. The molecule has 1 aromatic carbocycles. The molecular weight excluding hydrogens is 208 g/mol. The van der Waals surface area contributed by atoms with Gasteiger partial charge in [-0.3, -0.25) is 16.0 Å². The zero-order valence-electron chi connectivity index (χ0n) is 9.31. The molecule has 0 aliphatic rings. The first-order valence-corrected chi connectivity index (χ1v) is 4.82. The van der Waals surface area contributed by atoms with Crippen molar-refractivity contribution in [2.24, 2.45) is 11.6 Å². The summed E-state index contributed by atoms with van der Waals surface area (Å²) in [5, 5.41) is 10.3. The van der Waals surface area contributed by atoms with E-state index in [1.807, 2.05) is 13.8 Å². The van der Waals surface area contributed by atoms with Gasteiger partial charge in [-0.05, 0) is 12.1 Å². The van der Waals surface area contributed by atoms with E-state index in [9.17, 15) is 10.1 Å². The maximum absolute atomic E-state index is 10.3. The Morgan fingerprint density at radius 1 is 1.38 bits per heavy atom. The van der Waals surface area contributed by atoms with Crippen molar-refractivity contribution < 1.29 is 4.92 Å². The van der Waals surface area contributed by atoms with Crippen LogP contribution in [0.2, 0.25) is 0 Å². The van der Waals surface area contributed by atoms with Crippen LogP contribution in [-0.4, -0.2) is 4.92 Å². The van der Waals surface area contributed by atoms with Crippen LogP contribution in [0.15, 0.2) is 30.5 Å². The second kappa shape index (κ2) is 7.24. The number of nitrogens with two attached hydrogens (primary N) is 2. The molecule has 0 fully saturated rings. The average molecular weight is 224 g/mol. The molecule has 5 N–H and O–H groups in total. The van der Waals surface area contributed by atoms with E-state index < -0.39 is 4.92 Å². The molecule has 0 aromatic heterocycles. The Balaban J connectivity index is 0.00000106. The maximum atomic E-state index is 10.3. The van der Waals surface area contributed by atoms with Crippen LogP contribution in [0.5, 0.6) is 0 Å². The van der Waals surface area contributed by atoms with Gasteiger partial charge in [0.05, 0.1) is 10.6 Å². The van der Waals surface area contributed by atoms with Gasteiger partial charge < -0.3 is 11.2 Å². The Hall–Kier alpha value is -2.08. The molecule has 0 aliphatic carbocycles. The van der Waals surface area contributed by atoms with Gasteiger partial charge in [-0.25, -0.2) is 0 Å². The number of rotatable bonds is 3. The number of hydrogen-bond acceptors (Lipinski definition) is 5. The number of nitrogens with zero attached hydrogens (tertiary/aromatic N) is 1. The van der Waals surface area contributed by atoms with Crippen molar-refractivity contribution in [2.45, 2.75) is 13.8 Å². The third-order valence-electron chi connectivity index (χ3n) is 1.71.